The van der Waals surface area contributed by atoms with Gasteiger partial charge in [-0.05, 0) is 24.3 Å². The van der Waals surface area contributed by atoms with Crippen LogP contribution in [0.25, 0.3) is 22.5 Å². The molecule has 30 heavy (non-hydrogen) atoms. The molecular formula is C23H25ClN2O4. The Morgan fingerprint density at radius 3 is 1.97 bits per heavy atom. The van der Waals surface area contributed by atoms with Crippen LogP contribution in [0.3, 0.4) is 0 Å². The molecule has 5 rings (SSSR count). The van der Waals surface area contributed by atoms with E-state index in [4.69, 9.17) is 18.9 Å². The molecule has 158 valence electrons. The summed E-state index contributed by atoms with van der Waals surface area (Å²) in [5.41, 5.74) is 7.25. The predicted octanol–water partition coefficient (Wildman–Crippen LogP) is 0.260. The summed E-state index contributed by atoms with van der Waals surface area (Å²) in [7, 11) is 6.79. The van der Waals surface area contributed by atoms with E-state index < -0.39 is 0 Å². The minimum atomic E-state index is 0. The van der Waals surface area contributed by atoms with Gasteiger partial charge in [-0.3, -0.25) is 0 Å². The van der Waals surface area contributed by atoms with Crippen LogP contribution < -0.4 is 35.9 Å². The number of benzene rings is 2. The summed E-state index contributed by atoms with van der Waals surface area (Å²) < 4.78 is 27.2. The van der Waals surface area contributed by atoms with E-state index in [1.807, 2.05) is 12.1 Å². The number of ether oxygens (including phenoxy) is 4. The largest absolute Gasteiger partial charge is 1.00 e. The van der Waals surface area contributed by atoms with Crippen molar-refractivity contribution in [2.45, 2.75) is 25.9 Å². The predicted molar refractivity (Wildman–Crippen MR) is 109 cm³/mol. The van der Waals surface area contributed by atoms with Gasteiger partial charge in [0.2, 0.25) is 6.33 Å². The smallest absolute Gasteiger partial charge is 0.244 e. The van der Waals surface area contributed by atoms with Crippen LogP contribution in [0.1, 0.15) is 11.1 Å². The summed E-state index contributed by atoms with van der Waals surface area (Å²) in [5, 5.41) is 0. The Morgan fingerprint density at radius 1 is 0.767 bits per heavy atom. The number of fused-ring (bicyclic) bond motifs is 7. The molecule has 2 aliphatic rings. The molecule has 0 saturated carbocycles. The minimum absolute atomic E-state index is 0. The molecule has 0 unspecified atom stereocenters. The lowest BCUT2D eigenvalue weighted by Crippen LogP contribution is -3.00. The molecule has 7 heteroatoms. The second-order valence-electron chi connectivity index (χ2n) is 7.35. The maximum Gasteiger partial charge on any atom is 0.244 e. The second-order valence-corrected chi connectivity index (χ2v) is 7.35. The molecular weight excluding hydrogens is 404 g/mol. The van der Waals surface area contributed by atoms with Gasteiger partial charge in [0.15, 0.2) is 34.4 Å². The maximum absolute atomic E-state index is 5.73. The molecule has 0 spiro atoms. The van der Waals surface area contributed by atoms with E-state index in [0.29, 0.717) is 0 Å². The van der Waals surface area contributed by atoms with E-state index in [2.05, 4.69) is 27.6 Å². The van der Waals surface area contributed by atoms with Gasteiger partial charge >= 0.3 is 0 Å². The van der Waals surface area contributed by atoms with E-state index in [1.165, 1.54) is 33.6 Å². The van der Waals surface area contributed by atoms with E-state index >= 15 is 0 Å². The van der Waals surface area contributed by atoms with Crippen LogP contribution in [0.4, 0.5) is 0 Å². The average molecular weight is 429 g/mol. The molecule has 0 atom stereocenters. The van der Waals surface area contributed by atoms with Crippen molar-refractivity contribution in [1.82, 2.24) is 4.57 Å². The molecule has 3 heterocycles. The van der Waals surface area contributed by atoms with Crippen molar-refractivity contribution >= 4 is 0 Å². The number of methoxy groups -OCH3 is 4. The lowest BCUT2D eigenvalue weighted by molar-refractivity contribution is -0.687. The Bertz CT molecular complexity index is 1040. The van der Waals surface area contributed by atoms with Gasteiger partial charge in [0.1, 0.15) is 0 Å². The van der Waals surface area contributed by atoms with Crippen LogP contribution >= 0.6 is 0 Å². The molecule has 0 amide bonds. The first-order valence-electron chi connectivity index (χ1n) is 9.82. The molecule has 0 saturated heterocycles. The van der Waals surface area contributed by atoms with Crippen molar-refractivity contribution in [3.63, 3.8) is 0 Å². The van der Waals surface area contributed by atoms with Crippen LogP contribution in [0, 0.1) is 0 Å². The highest BCUT2D eigenvalue weighted by Crippen LogP contribution is 2.47. The van der Waals surface area contributed by atoms with E-state index in [0.717, 1.165) is 48.9 Å². The fourth-order valence-corrected chi connectivity index (χ4v) is 4.85. The summed E-state index contributed by atoms with van der Waals surface area (Å²) >= 11 is 0. The summed E-state index contributed by atoms with van der Waals surface area (Å²) in [4.78, 5) is 0. The van der Waals surface area contributed by atoms with Crippen LogP contribution in [0.2, 0.25) is 0 Å². The molecule has 0 radical (unpaired) electrons. The monoisotopic (exact) mass is 428 g/mol. The van der Waals surface area contributed by atoms with Gasteiger partial charge in [-0.1, -0.05) is 0 Å². The highest BCUT2D eigenvalue weighted by atomic mass is 35.5. The molecule has 6 nitrogen and oxygen atoms in total. The van der Waals surface area contributed by atoms with E-state index in [9.17, 15) is 0 Å². The van der Waals surface area contributed by atoms with Gasteiger partial charge in [0, 0.05) is 35.1 Å². The van der Waals surface area contributed by atoms with Gasteiger partial charge in [0.05, 0.1) is 41.5 Å². The molecule has 0 N–H and O–H groups in total. The zero-order chi connectivity index (χ0) is 20.1. The summed E-state index contributed by atoms with van der Waals surface area (Å²) in [6.07, 6.45) is 4.06. The number of nitrogens with zero attached hydrogens (tertiary/aromatic N) is 2. The Morgan fingerprint density at radius 2 is 1.37 bits per heavy atom. The zero-order valence-corrected chi connectivity index (χ0v) is 18.4. The number of aromatic nitrogens is 2. The summed E-state index contributed by atoms with van der Waals surface area (Å²) in [5.74, 6) is 3.22. The number of halogens is 1. The number of hydrogen-bond acceptors (Lipinski definition) is 4. The highest BCUT2D eigenvalue weighted by molar-refractivity contribution is 5.84. The normalized spacial score (nSPS) is 13.2. The van der Waals surface area contributed by atoms with Gasteiger partial charge in [-0.15, -0.1) is 0 Å². The second kappa shape index (κ2) is 7.76. The Balaban J connectivity index is 0.00000218. The van der Waals surface area contributed by atoms with Crippen molar-refractivity contribution < 1.29 is 35.9 Å². The van der Waals surface area contributed by atoms with Crippen molar-refractivity contribution in [1.29, 1.82) is 0 Å². The molecule has 3 aromatic rings. The van der Waals surface area contributed by atoms with Gasteiger partial charge < -0.3 is 31.4 Å². The van der Waals surface area contributed by atoms with Crippen molar-refractivity contribution in [2.75, 3.05) is 28.4 Å². The van der Waals surface area contributed by atoms with Crippen LogP contribution in [0.5, 0.6) is 23.0 Å². The van der Waals surface area contributed by atoms with Crippen LogP contribution in [-0.4, -0.2) is 33.0 Å². The third-order valence-electron chi connectivity index (χ3n) is 6.09. The Hall–Kier alpha value is -2.86. The van der Waals surface area contributed by atoms with Crippen molar-refractivity contribution in [3.8, 4) is 45.5 Å². The highest BCUT2D eigenvalue weighted by Gasteiger charge is 2.36. The lowest BCUT2D eigenvalue weighted by Gasteiger charge is -2.22. The molecule has 1 aromatic heterocycles. The number of hydrogen-bond donors (Lipinski definition) is 0. The quantitative estimate of drug-likeness (QED) is 0.559. The van der Waals surface area contributed by atoms with Crippen molar-refractivity contribution in [3.05, 3.63) is 41.7 Å². The minimum Gasteiger partial charge on any atom is -1.00 e. The Labute approximate surface area is 182 Å². The first-order valence-corrected chi connectivity index (χ1v) is 9.82. The summed E-state index contributed by atoms with van der Waals surface area (Å²) in [6.45, 7) is 1.82. The van der Waals surface area contributed by atoms with E-state index in [1.54, 1.807) is 28.4 Å². The number of aryl methyl sites for hydroxylation is 2. The summed E-state index contributed by atoms with van der Waals surface area (Å²) in [6, 6.07) is 8.29. The SMILES string of the molecule is COc1ccc2c(c1OC)CCn1c[n+]3c(c1-2)-c1ccc(OC)c(OC)c1CC3.[Cl-]. The lowest BCUT2D eigenvalue weighted by atomic mass is 9.90. The van der Waals surface area contributed by atoms with Gasteiger partial charge in [-0.2, -0.15) is 0 Å². The third-order valence-corrected chi connectivity index (χ3v) is 6.09. The first-order chi connectivity index (χ1) is 14.2. The van der Waals surface area contributed by atoms with Crippen LogP contribution in [-0.2, 0) is 25.9 Å². The third kappa shape index (κ3) is 2.74. The molecule has 2 aliphatic heterocycles. The number of imidazole rings is 1. The molecule has 0 bridgehead atoms. The fourth-order valence-electron chi connectivity index (χ4n) is 4.85. The van der Waals surface area contributed by atoms with Gasteiger partial charge in [0.25, 0.3) is 0 Å². The number of rotatable bonds is 4. The topological polar surface area (TPSA) is 45.7 Å². The standard InChI is InChI=1S/C23H25N2O4.ClH/c1-26-18-7-5-14-16(22(18)28-3)9-11-24-13-25-12-10-17-15(21(25)20(14)24)6-8-19(27-2)23(17)29-4;/h5-8,13H,9-12H2,1-4H3;1H/q+1;/p-1. The molecule has 0 fully saturated rings. The van der Waals surface area contributed by atoms with E-state index in [-0.39, 0.29) is 12.4 Å². The maximum atomic E-state index is 5.73. The van der Waals surface area contributed by atoms with Crippen LogP contribution in [0.15, 0.2) is 30.6 Å². The van der Waals surface area contributed by atoms with Crippen molar-refractivity contribution in [2.24, 2.45) is 0 Å². The molecule has 0 aliphatic carbocycles. The fraction of sp³-hybridized carbons (Fsp3) is 0.348. The Kier molecular flexibility index (Phi) is 5.28. The average Bonchev–Trinajstić information content (AvgIpc) is 3.16. The first kappa shape index (κ1) is 20.4. The zero-order valence-electron chi connectivity index (χ0n) is 17.6. The molecule has 2 aromatic carbocycles. The van der Waals surface area contributed by atoms with Gasteiger partial charge in [-0.25, -0.2) is 9.13 Å².